The van der Waals surface area contributed by atoms with E-state index in [4.69, 9.17) is 4.74 Å². The highest BCUT2D eigenvalue weighted by Crippen LogP contribution is 2.23. The Morgan fingerprint density at radius 3 is 2.24 bits per heavy atom. The average Bonchev–Trinajstić information content (AvgIpc) is 2.47. The van der Waals surface area contributed by atoms with Crippen molar-refractivity contribution in [3.05, 3.63) is 24.3 Å². The lowest BCUT2D eigenvalue weighted by Crippen LogP contribution is -2.51. The Kier molecular flexibility index (Phi) is 4.83. The third-order valence-corrected chi connectivity index (χ3v) is 3.97. The number of nitrogens with zero attached hydrogens (tertiary/aromatic N) is 1. The van der Waals surface area contributed by atoms with E-state index >= 15 is 0 Å². The first-order chi connectivity index (χ1) is 10.0. The number of methoxy groups -OCH3 is 1. The van der Waals surface area contributed by atoms with E-state index < -0.39 is 11.8 Å². The first kappa shape index (κ1) is 15.4. The van der Waals surface area contributed by atoms with Crippen LogP contribution in [0.2, 0.25) is 0 Å². The Bertz CT molecular complexity index is 503. The molecule has 1 saturated heterocycles. The standard InChI is InChI=1S/C16H22N2O3/c1-11-5-4-6-12(2)18(11)16(20)15(19)17-13-7-9-14(21-3)10-8-13/h7-12H,4-6H2,1-3H3,(H,17,19). The molecule has 1 fully saturated rings. The van der Waals surface area contributed by atoms with E-state index in [-0.39, 0.29) is 12.1 Å². The monoisotopic (exact) mass is 290 g/mol. The molecule has 1 aromatic carbocycles. The summed E-state index contributed by atoms with van der Waals surface area (Å²) in [6.07, 6.45) is 3.00. The number of hydrogen-bond acceptors (Lipinski definition) is 3. The molecule has 5 heteroatoms. The van der Waals surface area contributed by atoms with Gasteiger partial charge in [0.05, 0.1) is 7.11 Å². The summed E-state index contributed by atoms with van der Waals surface area (Å²) in [5.74, 6) is -0.330. The number of amides is 2. The number of ether oxygens (including phenoxy) is 1. The zero-order valence-corrected chi connectivity index (χ0v) is 12.8. The number of nitrogens with one attached hydrogen (secondary N) is 1. The molecule has 1 heterocycles. The smallest absolute Gasteiger partial charge is 0.313 e. The van der Waals surface area contributed by atoms with Gasteiger partial charge in [0.2, 0.25) is 0 Å². The molecule has 2 unspecified atom stereocenters. The largest absolute Gasteiger partial charge is 0.497 e. The van der Waals surface area contributed by atoms with Gasteiger partial charge in [0.1, 0.15) is 5.75 Å². The molecule has 2 rings (SSSR count). The molecule has 1 aliphatic heterocycles. The van der Waals surface area contributed by atoms with E-state index in [0.717, 1.165) is 19.3 Å². The topological polar surface area (TPSA) is 58.6 Å². The molecule has 1 aromatic rings. The van der Waals surface area contributed by atoms with Crippen LogP contribution in [-0.2, 0) is 9.59 Å². The summed E-state index contributed by atoms with van der Waals surface area (Å²) in [4.78, 5) is 26.2. The number of carbonyl (C=O) groups is 2. The van der Waals surface area contributed by atoms with E-state index in [1.54, 1.807) is 36.3 Å². The molecule has 0 spiro atoms. The summed E-state index contributed by atoms with van der Waals surface area (Å²) in [7, 11) is 1.58. The molecule has 0 aliphatic carbocycles. The minimum absolute atomic E-state index is 0.114. The van der Waals surface area contributed by atoms with Crippen molar-refractivity contribution in [3.8, 4) is 5.75 Å². The van der Waals surface area contributed by atoms with Crippen LogP contribution >= 0.6 is 0 Å². The Labute approximate surface area is 125 Å². The number of rotatable bonds is 2. The molecule has 0 saturated carbocycles. The fraction of sp³-hybridized carbons (Fsp3) is 0.500. The fourth-order valence-electron chi connectivity index (χ4n) is 2.80. The van der Waals surface area contributed by atoms with E-state index in [9.17, 15) is 9.59 Å². The van der Waals surface area contributed by atoms with Crippen molar-refractivity contribution < 1.29 is 14.3 Å². The number of piperidine rings is 1. The van der Waals surface area contributed by atoms with Gasteiger partial charge in [0, 0.05) is 17.8 Å². The molecule has 5 nitrogen and oxygen atoms in total. The van der Waals surface area contributed by atoms with Gasteiger partial charge < -0.3 is 15.0 Å². The van der Waals surface area contributed by atoms with Gasteiger partial charge in [-0.25, -0.2) is 0 Å². The van der Waals surface area contributed by atoms with Gasteiger partial charge in [-0.1, -0.05) is 0 Å². The van der Waals surface area contributed by atoms with E-state index in [1.807, 2.05) is 13.8 Å². The van der Waals surface area contributed by atoms with Crippen LogP contribution < -0.4 is 10.1 Å². The lowest BCUT2D eigenvalue weighted by molar-refractivity contribution is -0.147. The summed E-state index contributed by atoms with van der Waals surface area (Å²) in [5.41, 5.74) is 0.589. The molecule has 2 amide bonds. The summed E-state index contributed by atoms with van der Waals surface area (Å²) in [6, 6.07) is 7.14. The maximum atomic E-state index is 12.3. The highest BCUT2D eigenvalue weighted by Gasteiger charge is 2.32. The van der Waals surface area contributed by atoms with E-state index in [1.165, 1.54) is 0 Å². The fourth-order valence-corrected chi connectivity index (χ4v) is 2.80. The Hall–Kier alpha value is -2.04. The van der Waals surface area contributed by atoms with Crippen LogP contribution in [0.3, 0.4) is 0 Å². The second-order valence-corrected chi connectivity index (χ2v) is 5.52. The van der Waals surface area contributed by atoms with Crippen molar-refractivity contribution in [1.29, 1.82) is 0 Å². The van der Waals surface area contributed by atoms with Crippen LogP contribution in [0.1, 0.15) is 33.1 Å². The third kappa shape index (κ3) is 3.54. The summed E-state index contributed by atoms with van der Waals surface area (Å²) >= 11 is 0. The number of anilines is 1. The Balaban J connectivity index is 2.02. The summed E-state index contributed by atoms with van der Waals surface area (Å²) in [6.45, 7) is 3.99. The Morgan fingerprint density at radius 1 is 1.14 bits per heavy atom. The lowest BCUT2D eigenvalue weighted by atomic mass is 9.97. The van der Waals surface area contributed by atoms with Crippen LogP contribution in [0.4, 0.5) is 5.69 Å². The maximum absolute atomic E-state index is 12.3. The van der Waals surface area contributed by atoms with Gasteiger partial charge in [-0.05, 0) is 57.4 Å². The number of benzene rings is 1. The van der Waals surface area contributed by atoms with Crippen molar-refractivity contribution in [2.45, 2.75) is 45.2 Å². The summed E-state index contributed by atoms with van der Waals surface area (Å²) < 4.78 is 5.06. The predicted molar refractivity (Wildman–Crippen MR) is 81.2 cm³/mol. The first-order valence-electron chi connectivity index (χ1n) is 7.30. The molecule has 21 heavy (non-hydrogen) atoms. The van der Waals surface area contributed by atoms with E-state index in [2.05, 4.69) is 5.32 Å². The van der Waals surface area contributed by atoms with Crippen molar-refractivity contribution >= 4 is 17.5 Å². The van der Waals surface area contributed by atoms with Crippen molar-refractivity contribution in [1.82, 2.24) is 4.90 Å². The molecule has 0 aromatic heterocycles. The average molecular weight is 290 g/mol. The second kappa shape index (κ2) is 6.61. The normalized spacial score (nSPS) is 21.8. The number of hydrogen-bond donors (Lipinski definition) is 1. The van der Waals surface area contributed by atoms with Crippen molar-refractivity contribution in [3.63, 3.8) is 0 Å². The van der Waals surface area contributed by atoms with Crippen molar-refractivity contribution in [2.24, 2.45) is 0 Å². The van der Waals surface area contributed by atoms with E-state index in [0.29, 0.717) is 11.4 Å². The quantitative estimate of drug-likeness (QED) is 0.851. The minimum Gasteiger partial charge on any atom is -0.497 e. The molecule has 1 aliphatic rings. The Morgan fingerprint density at radius 2 is 1.71 bits per heavy atom. The molecule has 0 bridgehead atoms. The van der Waals surface area contributed by atoms with Crippen LogP contribution in [-0.4, -0.2) is 35.9 Å². The van der Waals surface area contributed by atoms with Gasteiger partial charge in [0.25, 0.3) is 0 Å². The molecular weight excluding hydrogens is 268 g/mol. The van der Waals surface area contributed by atoms with Gasteiger partial charge in [-0.2, -0.15) is 0 Å². The molecule has 114 valence electrons. The van der Waals surface area contributed by atoms with Crippen LogP contribution in [0.25, 0.3) is 0 Å². The van der Waals surface area contributed by atoms with Gasteiger partial charge in [-0.3, -0.25) is 9.59 Å². The minimum atomic E-state index is -0.583. The van der Waals surface area contributed by atoms with Crippen LogP contribution in [0, 0.1) is 0 Å². The molecule has 0 radical (unpaired) electrons. The highest BCUT2D eigenvalue weighted by molar-refractivity contribution is 6.39. The molecule has 2 atom stereocenters. The molecular formula is C16H22N2O3. The SMILES string of the molecule is COc1ccc(NC(=O)C(=O)N2C(C)CCCC2C)cc1. The van der Waals surface area contributed by atoms with Gasteiger partial charge in [0.15, 0.2) is 0 Å². The first-order valence-corrected chi connectivity index (χ1v) is 7.30. The zero-order chi connectivity index (χ0) is 15.4. The predicted octanol–water partition coefficient (Wildman–Crippen LogP) is 2.42. The van der Waals surface area contributed by atoms with Gasteiger partial charge >= 0.3 is 11.8 Å². The second-order valence-electron chi connectivity index (χ2n) is 5.52. The third-order valence-electron chi connectivity index (χ3n) is 3.97. The number of likely N-dealkylation sites (tertiary alicyclic amines) is 1. The number of carbonyl (C=O) groups excluding carboxylic acids is 2. The maximum Gasteiger partial charge on any atom is 0.313 e. The zero-order valence-electron chi connectivity index (χ0n) is 12.8. The molecule has 1 N–H and O–H groups in total. The van der Waals surface area contributed by atoms with Crippen LogP contribution in [0.5, 0.6) is 5.75 Å². The highest BCUT2D eigenvalue weighted by atomic mass is 16.5. The van der Waals surface area contributed by atoms with Gasteiger partial charge in [-0.15, -0.1) is 0 Å². The van der Waals surface area contributed by atoms with Crippen molar-refractivity contribution in [2.75, 3.05) is 12.4 Å². The lowest BCUT2D eigenvalue weighted by Gasteiger charge is -2.38. The summed E-state index contributed by atoms with van der Waals surface area (Å²) in [5, 5.41) is 2.65. The van der Waals surface area contributed by atoms with Crippen LogP contribution in [0.15, 0.2) is 24.3 Å².